The maximum Gasteiger partial charge on any atom is 0.191 e. The van der Waals surface area contributed by atoms with Crippen LogP contribution in [0.3, 0.4) is 0 Å². The number of rotatable bonds is 4. The Morgan fingerprint density at radius 3 is 2.76 bits per heavy atom. The Morgan fingerprint density at radius 1 is 1.24 bits per heavy atom. The first-order chi connectivity index (χ1) is 10.2. The SMILES string of the molecule is COc1ccccc1NC(=S)N/N=C(\C)c1cccnc1. The number of nitrogens with one attached hydrogen (secondary N) is 2. The second kappa shape index (κ2) is 7.35. The minimum atomic E-state index is 0.391. The van der Waals surface area contributed by atoms with Gasteiger partial charge in [0, 0.05) is 18.0 Å². The minimum absolute atomic E-state index is 0.391. The van der Waals surface area contributed by atoms with Gasteiger partial charge in [0.15, 0.2) is 5.11 Å². The summed E-state index contributed by atoms with van der Waals surface area (Å²) in [4.78, 5) is 4.05. The van der Waals surface area contributed by atoms with Gasteiger partial charge in [-0.3, -0.25) is 10.4 Å². The molecule has 108 valence electrons. The maximum atomic E-state index is 5.25. The van der Waals surface area contributed by atoms with Crippen LogP contribution in [0, 0.1) is 0 Å². The van der Waals surface area contributed by atoms with E-state index in [1.807, 2.05) is 43.3 Å². The number of methoxy groups -OCH3 is 1. The molecule has 0 bridgehead atoms. The van der Waals surface area contributed by atoms with Crippen LogP contribution in [-0.2, 0) is 0 Å². The first-order valence-electron chi connectivity index (χ1n) is 6.35. The van der Waals surface area contributed by atoms with Crippen LogP contribution in [0.4, 0.5) is 5.69 Å². The molecule has 6 heteroatoms. The van der Waals surface area contributed by atoms with Crippen LogP contribution in [0.2, 0.25) is 0 Å². The molecule has 2 rings (SSSR count). The molecule has 0 amide bonds. The van der Waals surface area contributed by atoms with Gasteiger partial charge < -0.3 is 10.1 Å². The molecule has 0 radical (unpaired) electrons. The van der Waals surface area contributed by atoms with E-state index in [4.69, 9.17) is 17.0 Å². The summed E-state index contributed by atoms with van der Waals surface area (Å²) in [5.41, 5.74) is 5.32. The van der Waals surface area contributed by atoms with Crippen molar-refractivity contribution in [2.45, 2.75) is 6.92 Å². The monoisotopic (exact) mass is 300 g/mol. The molecule has 0 aliphatic carbocycles. The lowest BCUT2D eigenvalue weighted by Crippen LogP contribution is -2.25. The predicted molar refractivity (Wildman–Crippen MR) is 88.8 cm³/mol. The van der Waals surface area contributed by atoms with Gasteiger partial charge in [0.1, 0.15) is 5.75 Å². The molecule has 1 heterocycles. The lowest BCUT2D eigenvalue weighted by Gasteiger charge is -2.11. The smallest absolute Gasteiger partial charge is 0.191 e. The Morgan fingerprint density at radius 2 is 2.05 bits per heavy atom. The summed E-state index contributed by atoms with van der Waals surface area (Å²) < 4.78 is 5.25. The van der Waals surface area contributed by atoms with E-state index < -0.39 is 0 Å². The topological polar surface area (TPSA) is 58.5 Å². The summed E-state index contributed by atoms with van der Waals surface area (Å²) >= 11 is 5.21. The quantitative estimate of drug-likeness (QED) is 0.516. The van der Waals surface area contributed by atoms with Crippen LogP contribution in [0.1, 0.15) is 12.5 Å². The predicted octanol–water partition coefficient (Wildman–Crippen LogP) is 2.80. The summed E-state index contributed by atoms with van der Waals surface area (Å²) in [6.45, 7) is 1.88. The number of hydrazone groups is 1. The Labute approximate surface area is 129 Å². The number of anilines is 1. The largest absolute Gasteiger partial charge is 0.495 e. The molecule has 0 fully saturated rings. The van der Waals surface area contributed by atoms with Gasteiger partial charge in [-0.15, -0.1) is 0 Å². The van der Waals surface area contributed by atoms with E-state index in [1.54, 1.807) is 19.5 Å². The van der Waals surface area contributed by atoms with E-state index >= 15 is 0 Å². The number of para-hydroxylation sites is 2. The molecule has 1 aromatic heterocycles. The second-order valence-corrected chi connectivity index (χ2v) is 4.61. The van der Waals surface area contributed by atoms with Gasteiger partial charge in [-0.05, 0) is 37.3 Å². The van der Waals surface area contributed by atoms with E-state index in [0.29, 0.717) is 5.11 Å². The zero-order valence-electron chi connectivity index (χ0n) is 11.8. The zero-order valence-corrected chi connectivity index (χ0v) is 12.6. The molecule has 1 aromatic carbocycles. The van der Waals surface area contributed by atoms with Crippen molar-refractivity contribution < 1.29 is 4.74 Å². The fourth-order valence-electron chi connectivity index (χ4n) is 1.67. The summed E-state index contributed by atoms with van der Waals surface area (Å²) in [7, 11) is 1.61. The molecular formula is C15H16N4OS. The summed E-state index contributed by atoms with van der Waals surface area (Å²) in [6, 6.07) is 11.3. The highest BCUT2D eigenvalue weighted by atomic mass is 32.1. The van der Waals surface area contributed by atoms with E-state index in [0.717, 1.165) is 22.7 Å². The molecule has 0 unspecified atom stereocenters. The van der Waals surface area contributed by atoms with Crippen molar-refractivity contribution in [2.24, 2.45) is 5.10 Å². The maximum absolute atomic E-state index is 5.25. The van der Waals surface area contributed by atoms with Crippen LogP contribution in [0.15, 0.2) is 53.9 Å². The fraction of sp³-hybridized carbons (Fsp3) is 0.133. The van der Waals surface area contributed by atoms with Crippen LogP contribution in [-0.4, -0.2) is 22.9 Å². The van der Waals surface area contributed by atoms with Crippen molar-refractivity contribution in [3.63, 3.8) is 0 Å². The molecule has 0 saturated heterocycles. The van der Waals surface area contributed by atoms with Crippen LogP contribution in [0.25, 0.3) is 0 Å². The van der Waals surface area contributed by atoms with Crippen molar-refractivity contribution in [3.8, 4) is 5.75 Å². The average molecular weight is 300 g/mol. The Balaban J connectivity index is 1.99. The fourth-order valence-corrected chi connectivity index (χ4v) is 1.83. The first kappa shape index (κ1) is 14.9. The second-order valence-electron chi connectivity index (χ2n) is 4.21. The normalized spacial score (nSPS) is 10.9. The number of ether oxygens (including phenoxy) is 1. The van der Waals surface area contributed by atoms with Gasteiger partial charge in [-0.1, -0.05) is 18.2 Å². The number of hydrogen-bond donors (Lipinski definition) is 2. The third-order valence-electron chi connectivity index (χ3n) is 2.76. The Bertz CT molecular complexity index is 643. The van der Waals surface area contributed by atoms with Crippen LogP contribution >= 0.6 is 12.2 Å². The molecular weight excluding hydrogens is 284 g/mol. The van der Waals surface area contributed by atoms with Crippen LogP contribution < -0.4 is 15.5 Å². The van der Waals surface area contributed by atoms with Crippen molar-refractivity contribution in [1.29, 1.82) is 0 Å². The number of pyridine rings is 1. The number of nitrogens with zero attached hydrogens (tertiary/aromatic N) is 2. The van der Waals surface area contributed by atoms with Crippen molar-refractivity contribution in [1.82, 2.24) is 10.4 Å². The van der Waals surface area contributed by atoms with Crippen molar-refractivity contribution in [3.05, 3.63) is 54.4 Å². The molecule has 2 aromatic rings. The molecule has 5 nitrogen and oxygen atoms in total. The Kier molecular flexibility index (Phi) is 5.22. The average Bonchev–Trinajstić information content (AvgIpc) is 2.54. The molecule has 2 N–H and O–H groups in total. The summed E-state index contributed by atoms with van der Waals surface area (Å²) in [5.74, 6) is 0.717. The van der Waals surface area contributed by atoms with Gasteiger partial charge in [-0.25, -0.2) is 0 Å². The minimum Gasteiger partial charge on any atom is -0.495 e. The third kappa shape index (κ3) is 4.25. The standard InChI is InChI=1S/C15H16N4OS/c1-11(12-6-5-9-16-10-12)18-19-15(21)17-13-7-3-4-8-14(13)20-2/h3-10H,1-2H3,(H2,17,19,21)/b18-11+. The first-order valence-corrected chi connectivity index (χ1v) is 6.76. The third-order valence-corrected chi connectivity index (χ3v) is 2.95. The van der Waals surface area contributed by atoms with E-state index in [-0.39, 0.29) is 0 Å². The number of thiocarbonyl (C=S) groups is 1. The Hall–Kier alpha value is -2.47. The molecule has 0 spiro atoms. The van der Waals surface area contributed by atoms with Gasteiger partial charge in [-0.2, -0.15) is 5.10 Å². The summed E-state index contributed by atoms with van der Waals surface area (Å²) in [6.07, 6.45) is 3.47. The van der Waals surface area contributed by atoms with Gasteiger partial charge in [0.05, 0.1) is 18.5 Å². The number of hydrogen-bond acceptors (Lipinski definition) is 4. The zero-order chi connectivity index (χ0) is 15.1. The van der Waals surface area contributed by atoms with Gasteiger partial charge >= 0.3 is 0 Å². The van der Waals surface area contributed by atoms with Gasteiger partial charge in [0.25, 0.3) is 0 Å². The van der Waals surface area contributed by atoms with E-state index in [1.165, 1.54) is 0 Å². The van der Waals surface area contributed by atoms with Gasteiger partial charge in [0.2, 0.25) is 0 Å². The lowest BCUT2D eigenvalue weighted by atomic mass is 10.2. The van der Waals surface area contributed by atoms with Crippen molar-refractivity contribution >= 4 is 28.7 Å². The highest BCUT2D eigenvalue weighted by molar-refractivity contribution is 7.80. The molecule has 0 saturated carbocycles. The molecule has 0 atom stereocenters. The van der Waals surface area contributed by atoms with Crippen LogP contribution in [0.5, 0.6) is 5.75 Å². The molecule has 0 aliphatic heterocycles. The van der Waals surface area contributed by atoms with E-state index in [2.05, 4.69) is 20.8 Å². The highest BCUT2D eigenvalue weighted by Crippen LogP contribution is 2.22. The molecule has 21 heavy (non-hydrogen) atoms. The summed E-state index contributed by atoms with van der Waals surface area (Å²) in [5, 5.41) is 7.66. The lowest BCUT2D eigenvalue weighted by molar-refractivity contribution is 0.417. The van der Waals surface area contributed by atoms with Crippen molar-refractivity contribution in [2.75, 3.05) is 12.4 Å². The number of aromatic nitrogens is 1. The number of benzene rings is 1. The highest BCUT2D eigenvalue weighted by Gasteiger charge is 2.03. The van der Waals surface area contributed by atoms with E-state index in [9.17, 15) is 0 Å². The molecule has 0 aliphatic rings.